The predicted molar refractivity (Wildman–Crippen MR) is 62.2 cm³/mol. The number of Topliss-reactive ketones (excluding diaryl/α,β-unsaturated/α-hetero) is 1. The van der Waals surface area contributed by atoms with Crippen molar-refractivity contribution >= 4 is 5.78 Å². The third-order valence-corrected chi connectivity index (χ3v) is 2.50. The van der Waals surface area contributed by atoms with Gasteiger partial charge in [0.05, 0.1) is 12.4 Å². The molecule has 17 heavy (non-hydrogen) atoms. The molecule has 0 spiro atoms. The van der Waals surface area contributed by atoms with Crippen molar-refractivity contribution in [1.29, 1.82) is 0 Å². The van der Waals surface area contributed by atoms with Crippen LogP contribution in [0.3, 0.4) is 0 Å². The van der Waals surface area contributed by atoms with Crippen LogP contribution in [0, 0.1) is 12.7 Å². The molecule has 0 aliphatic heterocycles. The second-order valence-electron chi connectivity index (χ2n) is 3.81. The summed E-state index contributed by atoms with van der Waals surface area (Å²) in [5.74, 6) is -0.0759. The first kappa shape index (κ1) is 11.4. The van der Waals surface area contributed by atoms with Crippen LogP contribution in [0.15, 0.2) is 30.6 Å². The Morgan fingerprint density at radius 3 is 2.47 bits per heavy atom. The van der Waals surface area contributed by atoms with Crippen molar-refractivity contribution in [2.24, 2.45) is 0 Å². The number of carbonyl (C=O) groups excluding carboxylic acids is 1. The smallest absolute Gasteiger partial charge is 0.160 e. The molecule has 0 aliphatic carbocycles. The first-order chi connectivity index (χ1) is 8.08. The van der Waals surface area contributed by atoms with Crippen LogP contribution < -0.4 is 0 Å². The van der Waals surface area contributed by atoms with E-state index in [1.807, 2.05) is 19.1 Å². The lowest BCUT2D eigenvalue weighted by atomic mass is 10.0. The Morgan fingerprint density at radius 2 is 1.88 bits per heavy atom. The standard InChI is InChI=1S/C13H11FN2O/c1-8-3-4-10(5-12(8)9(2)17)13-15-6-11(14)7-16-13/h3-7H,1-2H3. The summed E-state index contributed by atoms with van der Waals surface area (Å²) in [6.07, 6.45) is 2.21. The number of hydrogen-bond acceptors (Lipinski definition) is 3. The maximum atomic E-state index is 12.7. The van der Waals surface area contributed by atoms with Gasteiger partial charge in [-0.25, -0.2) is 14.4 Å². The number of aromatic nitrogens is 2. The van der Waals surface area contributed by atoms with Crippen molar-refractivity contribution < 1.29 is 9.18 Å². The summed E-state index contributed by atoms with van der Waals surface area (Å²) in [6, 6.07) is 5.37. The van der Waals surface area contributed by atoms with E-state index in [1.165, 1.54) is 6.92 Å². The highest BCUT2D eigenvalue weighted by Crippen LogP contribution is 2.19. The normalized spacial score (nSPS) is 10.3. The SMILES string of the molecule is CC(=O)c1cc(-c2ncc(F)cn2)ccc1C. The molecule has 0 amide bonds. The molecule has 0 atom stereocenters. The topological polar surface area (TPSA) is 42.9 Å². The second kappa shape index (κ2) is 4.41. The molecular formula is C13H11FN2O. The van der Waals surface area contributed by atoms with Crippen molar-refractivity contribution in [3.8, 4) is 11.4 Å². The van der Waals surface area contributed by atoms with Gasteiger partial charge in [-0.3, -0.25) is 4.79 Å². The Bertz CT molecular complexity index is 564. The number of halogens is 1. The van der Waals surface area contributed by atoms with Gasteiger partial charge in [0.15, 0.2) is 17.4 Å². The number of ketones is 1. The first-order valence-electron chi connectivity index (χ1n) is 5.17. The van der Waals surface area contributed by atoms with E-state index in [4.69, 9.17) is 0 Å². The van der Waals surface area contributed by atoms with Crippen molar-refractivity contribution in [2.75, 3.05) is 0 Å². The van der Waals surface area contributed by atoms with E-state index < -0.39 is 5.82 Å². The molecule has 3 nitrogen and oxygen atoms in total. The predicted octanol–water partition coefficient (Wildman–Crippen LogP) is 2.79. The van der Waals surface area contributed by atoms with Crippen LogP contribution in [0.2, 0.25) is 0 Å². The largest absolute Gasteiger partial charge is 0.295 e. The van der Waals surface area contributed by atoms with Crippen molar-refractivity contribution in [3.63, 3.8) is 0 Å². The number of benzene rings is 1. The van der Waals surface area contributed by atoms with E-state index in [0.29, 0.717) is 17.0 Å². The van der Waals surface area contributed by atoms with Crippen molar-refractivity contribution in [3.05, 3.63) is 47.5 Å². The van der Waals surface area contributed by atoms with E-state index in [9.17, 15) is 9.18 Å². The van der Waals surface area contributed by atoms with Gasteiger partial charge < -0.3 is 0 Å². The molecular weight excluding hydrogens is 219 g/mol. The fourth-order valence-electron chi connectivity index (χ4n) is 1.60. The van der Waals surface area contributed by atoms with Crippen LogP contribution in [-0.2, 0) is 0 Å². The minimum atomic E-state index is -0.479. The zero-order chi connectivity index (χ0) is 12.4. The molecule has 0 fully saturated rings. The van der Waals surface area contributed by atoms with Gasteiger partial charge in [-0.05, 0) is 25.5 Å². The number of carbonyl (C=O) groups is 1. The summed E-state index contributed by atoms with van der Waals surface area (Å²) in [6.45, 7) is 3.38. The quantitative estimate of drug-likeness (QED) is 0.745. The Kier molecular flexibility index (Phi) is 2.95. The van der Waals surface area contributed by atoms with Gasteiger partial charge in [-0.1, -0.05) is 12.1 Å². The molecule has 0 saturated carbocycles. The molecule has 0 saturated heterocycles. The van der Waals surface area contributed by atoms with Crippen LogP contribution in [-0.4, -0.2) is 15.8 Å². The molecule has 86 valence electrons. The highest BCUT2D eigenvalue weighted by molar-refractivity contribution is 5.96. The molecule has 0 bridgehead atoms. The van der Waals surface area contributed by atoms with E-state index in [1.54, 1.807) is 6.07 Å². The zero-order valence-electron chi connectivity index (χ0n) is 9.57. The van der Waals surface area contributed by atoms with Crippen LogP contribution >= 0.6 is 0 Å². The molecule has 4 heteroatoms. The molecule has 2 rings (SSSR count). The molecule has 0 radical (unpaired) electrons. The summed E-state index contributed by atoms with van der Waals surface area (Å²) in [5, 5.41) is 0. The van der Waals surface area contributed by atoms with Gasteiger partial charge in [0.2, 0.25) is 0 Å². The highest BCUT2D eigenvalue weighted by Gasteiger charge is 2.08. The second-order valence-corrected chi connectivity index (χ2v) is 3.81. The van der Waals surface area contributed by atoms with Crippen LogP contribution in [0.4, 0.5) is 4.39 Å². The van der Waals surface area contributed by atoms with Crippen molar-refractivity contribution in [1.82, 2.24) is 9.97 Å². The lowest BCUT2D eigenvalue weighted by Gasteiger charge is -2.05. The number of nitrogens with zero attached hydrogens (tertiary/aromatic N) is 2. The molecule has 0 aliphatic rings. The number of aryl methyl sites for hydroxylation is 1. The summed E-state index contributed by atoms with van der Waals surface area (Å²) in [4.78, 5) is 19.2. The average Bonchev–Trinajstić information content (AvgIpc) is 2.30. The minimum Gasteiger partial charge on any atom is -0.295 e. The van der Waals surface area contributed by atoms with E-state index in [2.05, 4.69) is 9.97 Å². The van der Waals surface area contributed by atoms with Gasteiger partial charge in [-0.15, -0.1) is 0 Å². The van der Waals surface area contributed by atoms with Crippen LogP contribution in [0.25, 0.3) is 11.4 Å². The third-order valence-electron chi connectivity index (χ3n) is 2.50. The maximum Gasteiger partial charge on any atom is 0.160 e. The molecule has 1 aromatic heterocycles. The van der Waals surface area contributed by atoms with Crippen LogP contribution in [0.5, 0.6) is 0 Å². The lowest BCUT2D eigenvalue weighted by Crippen LogP contribution is -1.98. The Hall–Kier alpha value is -2.10. The molecule has 1 aromatic carbocycles. The number of rotatable bonds is 2. The van der Waals surface area contributed by atoms with Crippen molar-refractivity contribution in [2.45, 2.75) is 13.8 Å². The fraction of sp³-hybridized carbons (Fsp3) is 0.154. The average molecular weight is 230 g/mol. The summed E-state index contributed by atoms with van der Waals surface area (Å²) in [7, 11) is 0. The summed E-state index contributed by atoms with van der Waals surface area (Å²) in [5.41, 5.74) is 2.25. The molecule has 2 aromatic rings. The lowest BCUT2D eigenvalue weighted by molar-refractivity contribution is 0.101. The number of hydrogen-bond donors (Lipinski definition) is 0. The Morgan fingerprint density at radius 1 is 1.24 bits per heavy atom. The molecule has 1 heterocycles. The fourth-order valence-corrected chi connectivity index (χ4v) is 1.60. The van der Waals surface area contributed by atoms with Gasteiger partial charge in [0, 0.05) is 11.1 Å². The Balaban J connectivity index is 2.50. The van der Waals surface area contributed by atoms with E-state index in [0.717, 1.165) is 18.0 Å². The van der Waals surface area contributed by atoms with Gasteiger partial charge in [0.1, 0.15) is 0 Å². The minimum absolute atomic E-state index is 0.00791. The molecule has 0 unspecified atom stereocenters. The first-order valence-corrected chi connectivity index (χ1v) is 5.17. The monoisotopic (exact) mass is 230 g/mol. The summed E-state index contributed by atoms with van der Waals surface area (Å²) >= 11 is 0. The van der Waals surface area contributed by atoms with Gasteiger partial charge >= 0.3 is 0 Å². The van der Waals surface area contributed by atoms with Gasteiger partial charge in [-0.2, -0.15) is 0 Å². The van der Waals surface area contributed by atoms with E-state index >= 15 is 0 Å². The summed E-state index contributed by atoms with van der Waals surface area (Å²) < 4.78 is 12.7. The van der Waals surface area contributed by atoms with Gasteiger partial charge in [0.25, 0.3) is 0 Å². The van der Waals surface area contributed by atoms with E-state index in [-0.39, 0.29) is 5.78 Å². The zero-order valence-corrected chi connectivity index (χ0v) is 9.57. The highest BCUT2D eigenvalue weighted by atomic mass is 19.1. The third kappa shape index (κ3) is 2.36. The van der Waals surface area contributed by atoms with Crippen LogP contribution in [0.1, 0.15) is 22.8 Å². The molecule has 0 N–H and O–H groups in total. The maximum absolute atomic E-state index is 12.7. The Labute approximate surface area is 98.3 Å².